The number of hydrogen-bond acceptors (Lipinski definition) is 3. The molecule has 0 saturated carbocycles. The minimum Gasteiger partial charge on any atom is -0.394 e. The van der Waals surface area contributed by atoms with Gasteiger partial charge >= 0.3 is 0 Å². The van der Waals surface area contributed by atoms with Crippen LogP contribution >= 0.6 is 11.8 Å². The first-order chi connectivity index (χ1) is 6.81. The highest BCUT2D eigenvalue weighted by Gasteiger charge is 2.07. The summed E-state index contributed by atoms with van der Waals surface area (Å²) in [5.41, 5.74) is 1.15. The summed E-state index contributed by atoms with van der Waals surface area (Å²) < 4.78 is 0. The van der Waals surface area contributed by atoms with Crippen molar-refractivity contribution in [1.29, 1.82) is 0 Å². The molecule has 2 N–H and O–H groups in total. The lowest BCUT2D eigenvalue weighted by atomic mass is 10.1. The number of thioether (sulfide) groups is 1. The molecule has 0 heterocycles. The Balaban J connectivity index is 2.73. The molecule has 0 bridgehead atoms. The predicted octanol–water partition coefficient (Wildman–Crippen LogP) is 2.05. The second kappa shape index (κ2) is 6.06. The lowest BCUT2D eigenvalue weighted by molar-refractivity contribution is 0.246. The van der Waals surface area contributed by atoms with E-state index in [0.717, 1.165) is 12.1 Å². The summed E-state index contributed by atoms with van der Waals surface area (Å²) >= 11 is 1.73. The van der Waals surface area contributed by atoms with Crippen LogP contribution in [0.4, 0.5) is 0 Å². The second-order valence-electron chi connectivity index (χ2n) is 3.07. The molecule has 14 heavy (non-hydrogen) atoms. The van der Waals surface area contributed by atoms with Crippen molar-refractivity contribution >= 4 is 11.8 Å². The number of likely N-dealkylation sites (N-methyl/N-ethyl adjacent to an activating group) is 1. The zero-order valence-corrected chi connectivity index (χ0v) is 9.47. The second-order valence-corrected chi connectivity index (χ2v) is 3.95. The molecule has 0 aromatic heterocycles. The van der Waals surface area contributed by atoms with Gasteiger partial charge in [-0.1, -0.05) is 19.1 Å². The lowest BCUT2D eigenvalue weighted by Gasteiger charge is -2.15. The molecule has 0 aliphatic heterocycles. The summed E-state index contributed by atoms with van der Waals surface area (Å²) in [6.07, 6.45) is 2.06. The molecule has 0 spiro atoms. The first-order valence-corrected chi connectivity index (χ1v) is 6.02. The summed E-state index contributed by atoms with van der Waals surface area (Å²) in [4.78, 5) is 1.25. The van der Waals surface area contributed by atoms with Crippen molar-refractivity contribution in [2.24, 2.45) is 0 Å². The average Bonchev–Trinajstić information content (AvgIpc) is 2.26. The molecule has 78 valence electrons. The Morgan fingerprint density at radius 1 is 1.36 bits per heavy atom. The molecule has 1 unspecified atom stereocenters. The van der Waals surface area contributed by atoms with Crippen molar-refractivity contribution in [2.75, 3.05) is 19.4 Å². The SMILES string of the molecule is CCNC(CO)c1ccc(SC)cc1. The van der Waals surface area contributed by atoms with Crippen molar-refractivity contribution in [1.82, 2.24) is 5.32 Å². The van der Waals surface area contributed by atoms with Crippen LogP contribution in [0.25, 0.3) is 0 Å². The Morgan fingerprint density at radius 2 is 2.00 bits per heavy atom. The third kappa shape index (κ3) is 3.01. The topological polar surface area (TPSA) is 32.3 Å². The van der Waals surface area contributed by atoms with Crippen LogP contribution in [0.3, 0.4) is 0 Å². The quantitative estimate of drug-likeness (QED) is 0.731. The fraction of sp³-hybridized carbons (Fsp3) is 0.455. The van der Waals surface area contributed by atoms with Gasteiger partial charge in [-0.15, -0.1) is 11.8 Å². The molecule has 0 aliphatic carbocycles. The minimum absolute atomic E-state index is 0.0657. The smallest absolute Gasteiger partial charge is 0.0626 e. The maximum Gasteiger partial charge on any atom is 0.0626 e. The molecular weight excluding hydrogens is 194 g/mol. The van der Waals surface area contributed by atoms with Gasteiger partial charge in [0.1, 0.15) is 0 Å². The predicted molar refractivity (Wildman–Crippen MR) is 61.7 cm³/mol. The molecule has 0 amide bonds. The van der Waals surface area contributed by atoms with E-state index in [9.17, 15) is 0 Å². The molecule has 0 aliphatic rings. The Morgan fingerprint density at radius 3 is 2.43 bits per heavy atom. The first kappa shape index (κ1) is 11.6. The number of aliphatic hydroxyl groups is 1. The fourth-order valence-electron chi connectivity index (χ4n) is 1.37. The van der Waals surface area contributed by atoms with E-state index in [-0.39, 0.29) is 12.6 Å². The van der Waals surface area contributed by atoms with Crippen LogP contribution in [0.1, 0.15) is 18.5 Å². The van der Waals surface area contributed by atoms with Crippen LogP contribution in [0, 0.1) is 0 Å². The monoisotopic (exact) mass is 211 g/mol. The molecule has 1 aromatic rings. The largest absolute Gasteiger partial charge is 0.394 e. The first-order valence-electron chi connectivity index (χ1n) is 4.80. The standard InChI is InChI=1S/C11H17NOS/c1-3-12-11(8-13)9-4-6-10(14-2)7-5-9/h4-7,11-13H,3,8H2,1-2H3. The third-order valence-electron chi connectivity index (χ3n) is 2.15. The van der Waals surface area contributed by atoms with Gasteiger partial charge in [-0.25, -0.2) is 0 Å². The van der Waals surface area contributed by atoms with Crippen LogP contribution in [0.15, 0.2) is 29.2 Å². The van der Waals surface area contributed by atoms with Crippen molar-refractivity contribution in [3.8, 4) is 0 Å². The highest BCUT2D eigenvalue weighted by molar-refractivity contribution is 7.98. The van der Waals surface area contributed by atoms with Crippen molar-refractivity contribution in [3.05, 3.63) is 29.8 Å². The molecule has 0 fully saturated rings. The number of hydrogen-bond donors (Lipinski definition) is 2. The number of rotatable bonds is 5. The molecule has 0 saturated heterocycles. The van der Waals surface area contributed by atoms with Crippen LogP contribution in [-0.4, -0.2) is 24.5 Å². The maximum absolute atomic E-state index is 9.17. The fourth-order valence-corrected chi connectivity index (χ4v) is 1.78. The van der Waals surface area contributed by atoms with E-state index in [1.165, 1.54) is 4.90 Å². The Kier molecular flexibility index (Phi) is 5.01. The number of benzene rings is 1. The lowest BCUT2D eigenvalue weighted by Crippen LogP contribution is -2.23. The van der Waals surface area contributed by atoms with Crippen LogP contribution in [0.2, 0.25) is 0 Å². The van der Waals surface area contributed by atoms with E-state index in [4.69, 9.17) is 5.11 Å². The van der Waals surface area contributed by atoms with Gasteiger partial charge in [-0.05, 0) is 30.5 Å². The van der Waals surface area contributed by atoms with Gasteiger partial charge < -0.3 is 10.4 Å². The number of nitrogens with one attached hydrogen (secondary N) is 1. The van der Waals surface area contributed by atoms with Crippen LogP contribution < -0.4 is 5.32 Å². The van der Waals surface area contributed by atoms with Crippen molar-refractivity contribution < 1.29 is 5.11 Å². The molecule has 1 atom stereocenters. The number of aliphatic hydroxyl groups excluding tert-OH is 1. The van der Waals surface area contributed by atoms with Gasteiger partial charge in [0.25, 0.3) is 0 Å². The molecule has 2 nitrogen and oxygen atoms in total. The average molecular weight is 211 g/mol. The van der Waals surface area contributed by atoms with Gasteiger partial charge in [-0.2, -0.15) is 0 Å². The normalized spacial score (nSPS) is 12.8. The van der Waals surface area contributed by atoms with Gasteiger partial charge in [0.2, 0.25) is 0 Å². The van der Waals surface area contributed by atoms with Gasteiger partial charge in [0.05, 0.1) is 12.6 Å². The zero-order valence-electron chi connectivity index (χ0n) is 8.66. The highest BCUT2D eigenvalue weighted by Crippen LogP contribution is 2.18. The van der Waals surface area contributed by atoms with E-state index < -0.39 is 0 Å². The Bertz CT molecular complexity index is 260. The van der Waals surface area contributed by atoms with E-state index >= 15 is 0 Å². The van der Waals surface area contributed by atoms with Crippen LogP contribution in [-0.2, 0) is 0 Å². The van der Waals surface area contributed by atoms with Crippen molar-refractivity contribution in [3.63, 3.8) is 0 Å². The summed E-state index contributed by atoms with van der Waals surface area (Å²) in [5, 5.41) is 12.4. The summed E-state index contributed by atoms with van der Waals surface area (Å²) in [6.45, 7) is 3.06. The van der Waals surface area contributed by atoms with E-state index in [1.807, 2.05) is 6.92 Å². The summed E-state index contributed by atoms with van der Waals surface area (Å²) in [7, 11) is 0. The highest BCUT2D eigenvalue weighted by atomic mass is 32.2. The van der Waals surface area contributed by atoms with Gasteiger partial charge in [-0.3, -0.25) is 0 Å². The molecule has 3 heteroatoms. The maximum atomic E-state index is 9.17. The van der Waals surface area contributed by atoms with E-state index in [0.29, 0.717) is 0 Å². The summed E-state index contributed by atoms with van der Waals surface area (Å²) in [5.74, 6) is 0. The van der Waals surface area contributed by atoms with E-state index in [2.05, 4.69) is 35.8 Å². The molecule has 1 rings (SSSR count). The van der Waals surface area contributed by atoms with Gasteiger partial charge in [0, 0.05) is 4.90 Å². The third-order valence-corrected chi connectivity index (χ3v) is 2.89. The Labute approximate surface area is 89.7 Å². The minimum atomic E-state index is 0.0657. The molecule has 1 aromatic carbocycles. The van der Waals surface area contributed by atoms with Crippen LogP contribution in [0.5, 0.6) is 0 Å². The summed E-state index contributed by atoms with van der Waals surface area (Å²) in [6, 6.07) is 8.36. The molecule has 0 radical (unpaired) electrons. The van der Waals surface area contributed by atoms with E-state index in [1.54, 1.807) is 11.8 Å². The van der Waals surface area contributed by atoms with Crippen molar-refractivity contribution in [2.45, 2.75) is 17.9 Å². The van der Waals surface area contributed by atoms with Gasteiger partial charge in [0.15, 0.2) is 0 Å². The zero-order chi connectivity index (χ0) is 10.4. The Hall–Kier alpha value is -0.510. The molecular formula is C11H17NOS.